The molecule has 4 nitrogen and oxygen atoms in total. The van der Waals surface area contributed by atoms with E-state index in [4.69, 9.17) is 11.5 Å². The van der Waals surface area contributed by atoms with Crippen molar-refractivity contribution in [2.24, 2.45) is 11.5 Å². The molecule has 4 N–H and O–H groups in total. The van der Waals surface area contributed by atoms with Crippen molar-refractivity contribution in [3.63, 3.8) is 0 Å². The summed E-state index contributed by atoms with van der Waals surface area (Å²) in [7, 11) is 0. The quantitative estimate of drug-likeness (QED) is 0.671. The van der Waals surface area contributed by atoms with Crippen LogP contribution in [0, 0.1) is 0 Å². The average molecular weight is 200 g/mol. The van der Waals surface area contributed by atoms with E-state index in [1.165, 1.54) is 4.88 Å². The Hall–Kier alpha value is -0.490. The Morgan fingerprint density at radius 1 is 1.31 bits per heavy atom. The minimum Gasteiger partial charge on any atom is -0.329 e. The standard InChI is InChI=1S/C8H16N4S/c9-1-3-12(4-2-10)6-8-5-11-7-13-8/h5,7H,1-4,6,9-10H2. The maximum atomic E-state index is 5.49. The molecule has 1 aromatic rings. The molecule has 1 heterocycles. The zero-order valence-corrected chi connectivity index (χ0v) is 8.46. The van der Waals surface area contributed by atoms with E-state index >= 15 is 0 Å². The molecule has 0 radical (unpaired) electrons. The van der Waals surface area contributed by atoms with E-state index in [0.29, 0.717) is 13.1 Å². The molecule has 0 spiro atoms. The van der Waals surface area contributed by atoms with Crippen molar-refractivity contribution in [1.29, 1.82) is 0 Å². The van der Waals surface area contributed by atoms with Crippen molar-refractivity contribution in [3.05, 3.63) is 16.6 Å². The molecule has 0 aliphatic heterocycles. The van der Waals surface area contributed by atoms with Gasteiger partial charge in [-0.15, -0.1) is 11.3 Å². The first-order valence-electron chi connectivity index (χ1n) is 4.36. The van der Waals surface area contributed by atoms with Gasteiger partial charge in [-0.05, 0) is 0 Å². The van der Waals surface area contributed by atoms with E-state index in [9.17, 15) is 0 Å². The molecule has 0 bridgehead atoms. The number of nitrogens with zero attached hydrogens (tertiary/aromatic N) is 2. The fraction of sp³-hybridized carbons (Fsp3) is 0.625. The van der Waals surface area contributed by atoms with Crippen LogP contribution in [0.25, 0.3) is 0 Å². The van der Waals surface area contributed by atoms with Crippen LogP contribution in [-0.4, -0.2) is 36.1 Å². The van der Waals surface area contributed by atoms with Crippen molar-refractivity contribution < 1.29 is 0 Å². The molecule has 0 saturated carbocycles. The van der Waals surface area contributed by atoms with Gasteiger partial charge in [0.15, 0.2) is 0 Å². The van der Waals surface area contributed by atoms with Gasteiger partial charge in [0, 0.05) is 43.8 Å². The molecule has 0 fully saturated rings. The molecular weight excluding hydrogens is 184 g/mol. The maximum Gasteiger partial charge on any atom is 0.0794 e. The first-order chi connectivity index (χ1) is 6.36. The summed E-state index contributed by atoms with van der Waals surface area (Å²) >= 11 is 1.67. The summed E-state index contributed by atoms with van der Waals surface area (Å²) in [4.78, 5) is 7.53. The summed E-state index contributed by atoms with van der Waals surface area (Å²) in [6.07, 6.45) is 1.89. The Morgan fingerprint density at radius 2 is 2.00 bits per heavy atom. The second kappa shape index (κ2) is 6.04. The molecule has 1 aromatic heterocycles. The highest BCUT2D eigenvalue weighted by Gasteiger charge is 2.04. The predicted molar refractivity (Wildman–Crippen MR) is 55.5 cm³/mol. The molecule has 74 valence electrons. The van der Waals surface area contributed by atoms with E-state index in [1.807, 2.05) is 11.7 Å². The summed E-state index contributed by atoms with van der Waals surface area (Å²) in [6, 6.07) is 0. The monoisotopic (exact) mass is 200 g/mol. The van der Waals surface area contributed by atoms with Crippen LogP contribution in [0.15, 0.2) is 11.7 Å². The van der Waals surface area contributed by atoms with Gasteiger partial charge in [0.05, 0.1) is 5.51 Å². The second-order valence-electron chi connectivity index (χ2n) is 2.82. The number of thiazole rings is 1. The molecule has 0 aliphatic carbocycles. The highest BCUT2D eigenvalue weighted by molar-refractivity contribution is 7.09. The Labute approximate surface area is 82.6 Å². The highest BCUT2D eigenvalue weighted by Crippen LogP contribution is 2.08. The fourth-order valence-corrected chi connectivity index (χ4v) is 1.81. The summed E-state index contributed by atoms with van der Waals surface area (Å²) in [5, 5.41) is 0. The lowest BCUT2D eigenvalue weighted by Crippen LogP contribution is -2.33. The molecule has 5 heteroatoms. The van der Waals surface area contributed by atoms with Gasteiger partial charge < -0.3 is 11.5 Å². The van der Waals surface area contributed by atoms with Crippen molar-refractivity contribution in [1.82, 2.24) is 9.88 Å². The zero-order chi connectivity index (χ0) is 9.52. The lowest BCUT2D eigenvalue weighted by Gasteiger charge is -2.19. The van der Waals surface area contributed by atoms with Crippen LogP contribution in [-0.2, 0) is 6.54 Å². The molecule has 0 saturated heterocycles. The largest absolute Gasteiger partial charge is 0.329 e. The molecule has 1 rings (SSSR count). The van der Waals surface area contributed by atoms with E-state index in [-0.39, 0.29) is 0 Å². The minimum absolute atomic E-state index is 0.679. The smallest absolute Gasteiger partial charge is 0.0794 e. The zero-order valence-electron chi connectivity index (χ0n) is 7.65. The Bertz CT molecular complexity index is 206. The topological polar surface area (TPSA) is 68.2 Å². The third-order valence-corrected chi connectivity index (χ3v) is 2.52. The van der Waals surface area contributed by atoms with E-state index in [0.717, 1.165) is 19.6 Å². The highest BCUT2D eigenvalue weighted by atomic mass is 32.1. The van der Waals surface area contributed by atoms with Crippen molar-refractivity contribution >= 4 is 11.3 Å². The van der Waals surface area contributed by atoms with Crippen LogP contribution in [0.5, 0.6) is 0 Å². The molecular formula is C8H16N4S. The van der Waals surface area contributed by atoms with Gasteiger partial charge in [0.2, 0.25) is 0 Å². The number of rotatable bonds is 6. The van der Waals surface area contributed by atoms with Crippen LogP contribution in [0.4, 0.5) is 0 Å². The number of aromatic nitrogens is 1. The van der Waals surface area contributed by atoms with Crippen LogP contribution >= 0.6 is 11.3 Å². The van der Waals surface area contributed by atoms with Gasteiger partial charge in [-0.2, -0.15) is 0 Å². The van der Waals surface area contributed by atoms with Crippen molar-refractivity contribution in [3.8, 4) is 0 Å². The molecule has 0 aromatic carbocycles. The summed E-state index contributed by atoms with van der Waals surface area (Å²) < 4.78 is 0. The van der Waals surface area contributed by atoms with Crippen LogP contribution in [0.3, 0.4) is 0 Å². The van der Waals surface area contributed by atoms with Gasteiger partial charge in [-0.3, -0.25) is 9.88 Å². The summed E-state index contributed by atoms with van der Waals surface area (Å²) in [5.74, 6) is 0. The van der Waals surface area contributed by atoms with E-state index in [1.54, 1.807) is 11.3 Å². The van der Waals surface area contributed by atoms with E-state index in [2.05, 4.69) is 9.88 Å². The number of nitrogens with two attached hydrogens (primary N) is 2. The minimum atomic E-state index is 0.679. The molecule has 0 aliphatic rings. The molecule has 0 atom stereocenters. The first-order valence-corrected chi connectivity index (χ1v) is 5.24. The van der Waals surface area contributed by atoms with Gasteiger partial charge in [-0.25, -0.2) is 0 Å². The lowest BCUT2D eigenvalue weighted by atomic mass is 10.4. The average Bonchev–Trinajstić information content (AvgIpc) is 2.58. The SMILES string of the molecule is NCCN(CCN)Cc1cncs1. The molecule has 0 amide bonds. The predicted octanol–water partition coefficient (Wildman–Crippen LogP) is -0.138. The Morgan fingerprint density at radius 3 is 2.46 bits per heavy atom. The number of hydrogen-bond acceptors (Lipinski definition) is 5. The van der Waals surface area contributed by atoms with Crippen LogP contribution in [0.2, 0.25) is 0 Å². The molecule has 13 heavy (non-hydrogen) atoms. The maximum absolute atomic E-state index is 5.49. The molecule has 0 unspecified atom stereocenters. The Kier molecular flexibility index (Phi) is 4.92. The second-order valence-corrected chi connectivity index (χ2v) is 3.79. The van der Waals surface area contributed by atoms with Crippen LogP contribution < -0.4 is 11.5 Å². The third kappa shape index (κ3) is 3.82. The fourth-order valence-electron chi connectivity index (χ4n) is 1.18. The number of hydrogen-bond donors (Lipinski definition) is 2. The van der Waals surface area contributed by atoms with Gasteiger partial charge >= 0.3 is 0 Å². The van der Waals surface area contributed by atoms with Gasteiger partial charge in [0.25, 0.3) is 0 Å². The lowest BCUT2D eigenvalue weighted by molar-refractivity contribution is 0.283. The van der Waals surface area contributed by atoms with Gasteiger partial charge in [0.1, 0.15) is 0 Å². The first kappa shape index (κ1) is 10.6. The van der Waals surface area contributed by atoms with Crippen molar-refractivity contribution in [2.75, 3.05) is 26.2 Å². The van der Waals surface area contributed by atoms with E-state index < -0.39 is 0 Å². The van der Waals surface area contributed by atoms with Crippen LogP contribution in [0.1, 0.15) is 4.88 Å². The normalized spacial score (nSPS) is 11.0. The summed E-state index contributed by atoms with van der Waals surface area (Å²) in [5.41, 5.74) is 12.8. The summed E-state index contributed by atoms with van der Waals surface area (Å²) in [6.45, 7) is 4.07. The Balaban J connectivity index is 2.37. The van der Waals surface area contributed by atoms with Crippen molar-refractivity contribution in [2.45, 2.75) is 6.54 Å². The third-order valence-electron chi connectivity index (χ3n) is 1.75. The van der Waals surface area contributed by atoms with Gasteiger partial charge in [-0.1, -0.05) is 0 Å².